The van der Waals surface area contributed by atoms with Crippen molar-refractivity contribution < 1.29 is 4.74 Å². The molecule has 13 heavy (non-hydrogen) atoms. The quantitative estimate of drug-likeness (QED) is 0.819. The highest BCUT2D eigenvalue weighted by Crippen LogP contribution is 2.31. The minimum atomic E-state index is 0. The van der Waals surface area contributed by atoms with E-state index < -0.39 is 0 Å². The summed E-state index contributed by atoms with van der Waals surface area (Å²) in [7, 11) is 1.71. The number of para-hydroxylation sites is 1. The van der Waals surface area contributed by atoms with Gasteiger partial charge < -0.3 is 10.1 Å². The minimum absolute atomic E-state index is 0. The maximum absolute atomic E-state index is 5.25. The molecule has 0 fully saturated rings. The average molecular weight is 244 g/mol. The Labute approximate surface area is 89.1 Å². The number of nitrogens with one attached hydrogen (secondary N) is 1. The normalized spacial score (nSPS) is 13.6. The van der Waals surface area contributed by atoms with Crippen LogP contribution in [0.4, 0.5) is 5.69 Å². The van der Waals surface area contributed by atoms with Gasteiger partial charge in [-0.1, -0.05) is 12.1 Å². The summed E-state index contributed by atoms with van der Waals surface area (Å²) >= 11 is 0. The van der Waals surface area contributed by atoms with E-state index in [1.54, 1.807) is 7.11 Å². The number of fused-ring (bicyclic) bond motifs is 1. The molecular formula is C10H14BrNO. The van der Waals surface area contributed by atoms with Crippen molar-refractivity contribution in [2.45, 2.75) is 12.8 Å². The van der Waals surface area contributed by atoms with Crippen molar-refractivity contribution in [1.82, 2.24) is 0 Å². The Morgan fingerprint density at radius 1 is 1.38 bits per heavy atom. The van der Waals surface area contributed by atoms with Crippen LogP contribution in [0.5, 0.6) is 5.75 Å². The second kappa shape index (κ2) is 4.51. The van der Waals surface area contributed by atoms with Crippen molar-refractivity contribution in [1.29, 1.82) is 0 Å². The predicted octanol–water partition coefficient (Wildman–Crippen LogP) is 2.63. The Morgan fingerprint density at radius 2 is 2.23 bits per heavy atom. The van der Waals surface area contributed by atoms with Crippen LogP contribution >= 0.6 is 17.0 Å². The van der Waals surface area contributed by atoms with Crippen LogP contribution in [-0.2, 0) is 6.42 Å². The Balaban J connectivity index is 0.000000845. The van der Waals surface area contributed by atoms with E-state index in [-0.39, 0.29) is 17.0 Å². The highest BCUT2D eigenvalue weighted by atomic mass is 79.9. The molecule has 1 aliphatic rings. The number of hydrogen-bond donors (Lipinski definition) is 1. The molecule has 0 unspecified atom stereocenters. The van der Waals surface area contributed by atoms with Gasteiger partial charge in [0.05, 0.1) is 12.8 Å². The standard InChI is InChI=1S/C10H13NO.BrH/c1-12-9-6-2-4-8-5-3-7-11-10(8)9;/h2,4,6,11H,3,5,7H2,1H3;1H. The van der Waals surface area contributed by atoms with Crippen molar-refractivity contribution >= 4 is 22.7 Å². The van der Waals surface area contributed by atoms with E-state index in [0.29, 0.717) is 0 Å². The number of methoxy groups -OCH3 is 1. The van der Waals surface area contributed by atoms with Gasteiger partial charge in [0.15, 0.2) is 0 Å². The maximum atomic E-state index is 5.25. The van der Waals surface area contributed by atoms with E-state index in [9.17, 15) is 0 Å². The fourth-order valence-corrected chi connectivity index (χ4v) is 1.65. The molecule has 1 aliphatic heterocycles. The van der Waals surface area contributed by atoms with Gasteiger partial charge in [-0.2, -0.15) is 0 Å². The molecule has 0 spiro atoms. The first-order chi connectivity index (χ1) is 5.92. The van der Waals surface area contributed by atoms with Crippen LogP contribution in [0.1, 0.15) is 12.0 Å². The largest absolute Gasteiger partial charge is 0.495 e. The third-order valence-corrected chi connectivity index (χ3v) is 2.26. The first kappa shape index (κ1) is 10.4. The van der Waals surface area contributed by atoms with Gasteiger partial charge in [-0.25, -0.2) is 0 Å². The molecular weight excluding hydrogens is 230 g/mol. The van der Waals surface area contributed by atoms with E-state index in [1.807, 2.05) is 12.1 Å². The van der Waals surface area contributed by atoms with E-state index in [1.165, 1.54) is 24.1 Å². The summed E-state index contributed by atoms with van der Waals surface area (Å²) in [5.41, 5.74) is 2.56. The molecule has 1 aromatic rings. The number of hydrogen-bond acceptors (Lipinski definition) is 2. The van der Waals surface area contributed by atoms with E-state index >= 15 is 0 Å². The topological polar surface area (TPSA) is 21.3 Å². The van der Waals surface area contributed by atoms with Crippen molar-refractivity contribution in [2.75, 3.05) is 19.0 Å². The molecule has 0 aromatic heterocycles. The number of benzene rings is 1. The SMILES string of the molecule is Br.COc1cccc2c1NCCC2. The van der Waals surface area contributed by atoms with Crippen molar-refractivity contribution in [3.05, 3.63) is 23.8 Å². The molecule has 3 heteroatoms. The lowest BCUT2D eigenvalue weighted by Gasteiger charge is -2.19. The van der Waals surface area contributed by atoms with Crippen molar-refractivity contribution in [3.8, 4) is 5.75 Å². The summed E-state index contributed by atoms with van der Waals surface area (Å²) in [5, 5.41) is 3.36. The molecule has 72 valence electrons. The van der Waals surface area contributed by atoms with Gasteiger partial charge in [0.2, 0.25) is 0 Å². The summed E-state index contributed by atoms with van der Waals surface area (Å²) in [6.45, 7) is 1.06. The van der Waals surface area contributed by atoms with E-state index in [4.69, 9.17) is 4.74 Å². The fraction of sp³-hybridized carbons (Fsp3) is 0.400. The van der Waals surface area contributed by atoms with Crippen molar-refractivity contribution in [2.24, 2.45) is 0 Å². The van der Waals surface area contributed by atoms with Crippen LogP contribution in [0.2, 0.25) is 0 Å². The zero-order chi connectivity index (χ0) is 8.39. The number of halogens is 1. The lowest BCUT2D eigenvalue weighted by atomic mass is 10.0. The van der Waals surface area contributed by atoms with Gasteiger partial charge in [-0.15, -0.1) is 17.0 Å². The Morgan fingerprint density at radius 3 is 3.00 bits per heavy atom. The molecule has 2 rings (SSSR count). The van der Waals surface area contributed by atoms with Gasteiger partial charge in [0, 0.05) is 6.54 Å². The Bertz CT molecular complexity index is 274. The highest BCUT2D eigenvalue weighted by Gasteiger charge is 2.11. The molecule has 0 bridgehead atoms. The van der Waals surface area contributed by atoms with Crippen molar-refractivity contribution in [3.63, 3.8) is 0 Å². The van der Waals surface area contributed by atoms with Gasteiger partial charge in [0.25, 0.3) is 0 Å². The highest BCUT2D eigenvalue weighted by molar-refractivity contribution is 8.93. The molecule has 1 N–H and O–H groups in total. The van der Waals surface area contributed by atoms with Gasteiger partial charge in [0.1, 0.15) is 5.75 Å². The fourth-order valence-electron chi connectivity index (χ4n) is 1.65. The first-order valence-electron chi connectivity index (χ1n) is 4.31. The first-order valence-corrected chi connectivity index (χ1v) is 4.31. The average Bonchev–Trinajstić information content (AvgIpc) is 2.17. The third kappa shape index (κ3) is 1.97. The molecule has 1 heterocycles. The Kier molecular flexibility index (Phi) is 3.60. The number of anilines is 1. The summed E-state index contributed by atoms with van der Waals surface area (Å²) < 4.78 is 5.25. The minimum Gasteiger partial charge on any atom is -0.495 e. The summed E-state index contributed by atoms with van der Waals surface area (Å²) in [4.78, 5) is 0. The van der Waals surface area contributed by atoms with Crippen LogP contribution in [0, 0.1) is 0 Å². The molecule has 0 saturated heterocycles. The lowest BCUT2D eigenvalue weighted by molar-refractivity contribution is 0.415. The molecule has 0 atom stereocenters. The van der Waals surface area contributed by atoms with E-state index in [0.717, 1.165) is 12.3 Å². The second-order valence-corrected chi connectivity index (χ2v) is 3.02. The second-order valence-electron chi connectivity index (χ2n) is 3.02. The van der Waals surface area contributed by atoms with Crippen LogP contribution in [-0.4, -0.2) is 13.7 Å². The van der Waals surface area contributed by atoms with Crippen LogP contribution in [0.15, 0.2) is 18.2 Å². The molecule has 0 amide bonds. The van der Waals surface area contributed by atoms with E-state index in [2.05, 4.69) is 11.4 Å². The summed E-state index contributed by atoms with van der Waals surface area (Å²) in [5.74, 6) is 0.965. The summed E-state index contributed by atoms with van der Waals surface area (Å²) in [6.07, 6.45) is 2.39. The molecule has 1 aromatic carbocycles. The number of rotatable bonds is 1. The number of aryl methyl sites for hydroxylation is 1. The summed E-state index contributed by atoms with van der Waals surface area (Å²) in [6, 6.07) is 6.20. The van der Waals surface area contributed by atoms with Gasteiger partial charge in [-0.3, -0.25) is 0 Å². The van der Waals surface area contributed by atoms with Gasteiger partial charge in [-0.05, 0) is 24.5 Å². The zero-order valence-electron chi connectivity index (χ0n) is 7.67. The molecule has 0 saturated carbocycles. The van der Waals surface area contributed by atoms with Gasteiger partial charge >= 0.3 is 0 Å². The third-order valence-electron chi connectivity index (χ3n) is 2.26. The Hall–Kier alpha value is -0.700. The number of ether oxygens (including phenoxy) is 1. The zero-order valence-corrected chi connectivity index (χ0v) is 9.38. The van der Waals surface area contributed by atoms with Crippen LogP contribution in [0.25, 0.3) is 0 Å². The smallest absolute Gasteiger partial charge is 0.142 e. The maximum Gasteiger partial charge on any atom is 0.142 e. The molecule has 2 nitrogen and oxygen atoms in total. The lowest BCUT2D eigenvalue weighted by Crippen LogP contribution is -2.12. The molecule has 0 radical (unpaired) electrons. The van der Waals surface area contributed by atoms with Crippen LogP contribution in [0.3, 0.4) is 0 Å². The van der Waals surface area contributed by atoms with Crippen LogP contribution < -0.4 is 10.1 Å². The predicted molar refractivity (Wildman–Crippen MR) is 60.1 cm³/mol. The molecule has 0 aliphatic carbocycles. The monoisotopic (exact) mass is 243 g/mol.